The highest BCUT2D eigenvalue weighted by molar-refractivity contribution is 6.22. The summed E-state index contributed by atoms with van der Waals surface area (Å²) in [5.74, 6) is 0. The van der Waals surface area contributed by atoms with Crippen molar-refractivity contribution in [3.8, 4) is 27.9 Å². The molecule has 47 heavy (non-hydrogen) atoms. The van der Waals surface area contributed by atoms with E-state index in [1.807, 2.05) is 0 Å². The van der Waals surface area contributed by atoms with Gasteiger partial charge in [-0.05, 0) is 104 Å². The predicted octanol–water partition coefficient (Wildman–Crippen LogP) is 12.3. The molecular weight excluding hydrogens is 567 g/mol. The van der Waals surface area contributed by atoms with E-state index in [4.69, 9.17) is 0 Å². The minimum atomic E-state index is -0.174. The summed E-state index contributed by atoms with van der Waals surface area (Å²) >= 11 is 0. The smallest absolute Gasteiger partial charge is 0.0582 e. The normalized spacial score (nSPS) is 15.4. The molecule has 1 heteroatoms. The SMILES string of the molecule is Cc1cc2c3c(c1)c1cc(C)cc4c1n3-c1c(cc(-c3c5ccccc5c(-c5ccccc5)c5ccccc35)cc1C4(C)C)C2(C)C. The zero-order valence-corrected chi connectivity index (χ0v) is 27.9. The van der Waals surface area contributed by atoms with Gasteiger partial charge in [-0.2, -0.15) is 0 Å². The van der Waals surface area contributed by atoms with Crippen LogP contribution in [0.3, 0.4) is 0 Å². The summed E-state index contributed by atoms with van der Waals surface area (Å²) in [5.41, 5.74) is 17.4. The number of benzene rings is 7. The molecule has 7 aromatic carbocycles. The van der Waals surface area contributed by atoms with Gasteiger partial charge >= 0.3 is 0 Å². The Labute approximate surface area is 276 Å². The molecule has 0 unspecified atom stereocenters. The summed E-state index contributed by atoms with van der Waals surface area (Å²) in [6, 6.07) is 43.8. The van der Waals surface area contributed by atoms with Crippen molar-refractivity contribution in [3.05, 3.63) is 149 Å². The van der Waals surface area contributed by atoms with Gasteiger partial charge in [0.1, 0.15) is 0 Å². The van der Waals surface area contributed by atoms with Gasteiger partial charge in [0.15, 0.2) is 0 Å². The Morgan fingerprint density at radius 1 is 0.404 bits per heavy atom. The monoisotopic (exact) mass is 603 g/mol. The van der Waals surface area contributed by atoms with E-state index in [2.05, 4.69) is 161 Å². The first-order valence-corrected chi connectivity index (χ1v) is 17.0. The number of nitrogens with zero attached hydrogens (tertiary/aromatic N) is 1. The molecule has 2 aliphatic heterocycles. The molecule has 1 nitrogen and oxygen atoms in total. The maximum Gasteiger partial charge on any atom is 0.0582 e. The lowest BCUT2D eigenvalue weighted by atomic mass is 9.67. The molecule has 0 N–H and O–H groups in total. The summed E-state index contributed by atoms with van der Waals surface area (Å²) in [4.78, 5) is 0. The molecular formula is C46H37N. The van der Waals surface area contributed by atoms with Crippen LogP contribution in [0.25, 0.3) is 71.3 Å². The molecule has 1 aromatic heterocycles. The van der Waals surface area contributed by atoms with Crippen molar-refractivity contribution < 1.29 is 0 Å². The van der Waals surface area contributed by atoms with Gasteiger partial charge in [-0.1, -0.05) is 130 Å². The van der Waals surface area contributed by atoms with E-state index >= 15 is 0 Å². The molecule has 10 rings (SSSR count). The van der Waals surface area contributed by atoms with Crippen molar-refractivity contribution in [2.75, 3.05) is 0 Å². The highest BCUT2D eigenvalue weighted by Gasteiger charge is 2.44. The van der Waals surface area contributed by atoms with E-state index in [9.17, 15) is 0 Å². The lowest BCUT2D eigenvalue weighted by Gasteiger charge is -2.42. The number of hydrogen-bond donors (Lipinski definition) is 0. The van der Waals surface area contributed by atoms with Crippen molar-refractivity contribution in [1.29, 1.82) is 0 Å². The Morgan fingerprint density at radius 2 is 0.809 bits per heavy atom. The minimum Gasteiger partial charge on any atom is -0.308 e. The first-order chi connectivity index (χ1) is 22.7. The molecule has 0 saturated carbocycles. The Balaban J connectivity index is 1.40. The average Bonchev–Trinajstić information content (AvgIpc) is 3.38. The van der Waals surface area contributed by atoms with E-state index in [1.165, 1.54) is 105 Å². The quantitative estimate of drug-likeness (QED) is 0.173. The first-order valence-electron chi connectivity index (χ1n) is 17.0. The van der Waals surface area contributed by atoms with E-state index in [-0.39, 0.29) is 10.8 Å². The maximum absolute atomic E-state index is 2.65. The fourth-order valence-corrected chi connectivity index (χ4v) is 9.36. The first kappa shape index (κ1) is 27.0. The topological polar surface area (TPSA) is 4.93 Å². The third-order valence-electron chi connectivity index (χ3n) is 11.6. The van der Waals surface area contributed by atoms with Crippen molar-refractivity contribution in [2.45, 2.75) is 52.4 Å². The van der Waals surface area contributed by atoms with Gasteiger partial charge in [0.05, 0.1) is 16.7 Å². The zero-order valence-electron chi connectivity index (χ0n) is 27.9. The lowest BCUT2D eigenvalue weighted by Crippen LogP contribution is -2.33. The minimum absolute atomic E-state index is 0.174. The van der Waals surface area contributed by atoms with Crippen LogP contribution >= 0.6 is 0 Å². The molecule has 0 amide bonds. The van der Waals surface area contributed by atoms with Gasteiger partial charge in [-0.15, -0.1) is 0 Å². The molecule has 0 atom stereocenters. The molecule has 0 aliphatic carbocycles. The van der Waals surface area contributed by atoms with Crippen LogP contribution in [0.15, 0.2) is 115 Å². The summed E-state index contributed by atoms with van der Waals surface area (Å²) in [5, 5.41) is 7.98. The molecule has 2 aliphatic rings. The zero-order chi connectivity index (χ0) is 32.0. The van der Waals surface area contributed by atoms with Crippen LogP contribution in [0.5, 0.6) is 0 Å². The van der Waals surface area contributed by atoms with Crippen molar-refractivity contribution >= 4 is 43.4 Å². The molecule has 0 spiro atoms. The van der Waals surface area contributed by atoms with Gasteiger partial charge in [-0.25, -0.2) is 0 Å². The molecule has 226 valence electrons. The molecule has 3 heterocycles. The van der Waals surface area contributed by atoms with Gasteiger partial charge < -0.3 is 4.57 Å². The standard InChI is InChI=1S/C46H37N/c1-26-20-34-35-21-27(2)23-37-43(35)47-42(34)36(22-26)45(3,4)38-24-29(25-39(44(38)47)46(37,5)6)41-32-18-12-10-16-30(32)40(28-14-8-7-9-15-28)31-17-11-13-19-33(31)41/h7-25H,1-6H3. The van der Waals surface area contributed by atoms with Crippen LogP contribution in [0.4, 0.5) is 0 Å². The molecule has 0 fully saturated rings. The molecule has 8 aromatic rings. The number of fused-ring (bicyclic) bond motifs is 3. The molecule has 0 bridgehead atoms. The average molecular weight is 604 g/mol. The van der Waals surface area contributed by atoms with Crippen LogP contribution < -0.4 is 0 Å². The number of hydrogen-bond acceptors (Lipinski definition) is 0. The summed E-state index contributed by atoms with van der Waals surface area (Å²) in [6.07, 6.45) is 0. The number of aromatic nitrogens is 1. The van der Waals surface area contributed by atoms with Crippen LogP contribution in [0.1, 0.15) is 61.1 Å². The molecule has 0 saturated heterocycles. The molecule has 0 radical (unpaired) electrons. The number of rotatable bonds is 2. The highest BCUT2D eigenvalue weighted by Crippen LogP contribution is 2.57. The van der Waals surface area contributed by atoms with Gasteiger partial charge in [-0.3, -0.25) is 0 Å². The highest BCUT2D eigenvalue weighted by atomic mass is 15.0. The van der Waals surface area contributed by atoms with E-state index < -0.39 is 0 Å². The lowest BCUT2D eigenvalue weighted by molar-refractivity contribution is 0.593. The van der Waals surface area contributed by atoms with Crippen LogP contribution in [0, 0.1) is 13.8 Å². The van der Waals surface area contributed by atoms with Crippen molar-refractivity contribution in [1.82, 2.24) is 4.57 Å². The van der Waals surface area contributed by atoms with Gasteiger partial charge in [0, 0.05) is 21.6 Å². The maximum atomic E-state index is 2.65. The van der Waals surface area contributed by atoms with Gasteiger partial charge in [0.25, 0.3) is 0 Å². The van der Waals surface area contributed by atoms with E-state index in [0.29, 0.717) is 0 Å². The third kappa shape index (κ3) is 3.29. The Hall–Kier alpha value is -5.14. The van der Waals surface area contributed by atoms with Crippen molar-refractivity contribution in [3.63, 3.8) is 0 Å². The second-order valence-electron chi connectivity index (χ2n) is 15.1. The second kappa shape index (κ2) is 8.81. The third-order valence-corrected chi connectivity index (χ3v) is 11.6. The Bertz CT molecular complexity index is 2520. The van der Waals surface area contributed by atoms with Crippen LogP contribution in [-0.2, 0) is 10.8 Å². The summed E-state index contributed by atoms with van der Waals surface area (Å²) in [7, 11) is 0. The number of aryl methyl sites for hydroxylation is 2. The van der Waals surface area contributed by atoms with Crippen molar-refractivity contribution in [2.24, 2.45) is 0 Å². The Morgan fingerprint density at radius 3 is 1.26 bits per heavy atom. The fourth-order valence-electron chi connectivity index (χ4n) is 9.36. The van der Waals surface area contributed by atoms with E-state index in [0.717, 1.165) is 0 Å². The fraction of sp³-hybridized carbons (Fsp3) is 0.174. The second-order valence-corrected chi connectivity index (χ2v) is 15.1. The Kier molecular flexibility index (Phi) is 5.06. The van der Waals surface area contributed by atoms with Gasteiger partial charge in [0.2, 0.25) is 0 Å². The van der Waals surface area contributed by atoms with E-state index in [1.54, 1.807) is 0 Å². The predicted molar refractivity (Wildman–Crippen MR) is 200 cm³/mol. The summed E-state index contributed by atoms with van der Waals surface area (Å²) in [6.45, 7) is 14.3. The van der Waals surface area contributed by atoms with Crippen LogP contribution in [0.2, 0.25) is 0 Å². The summed E-state index contributed by atoms with van der Waals surface area (Å²) < 4.78 is 2.65. The van der Waals surface area contributed by atoms with Crippen LogP contribution in [-0.4, -0.2) is 4.57 Å². The largest absolute Gasteiger partial charge is 0.308 e.